The quantitative estimate of drug-likeness (QED) is 0.810. The lowest BCUT2D eigenvalue weighted by atomic mass is 10.2. The van der Waals surface area contributed by atoms with Gasteiger partial charge in [0.15, 0.2) is 9.84 Å². The van der Waals surface area contributed by atoms with Gasteiger partial charge in [-0.1, -0.05) is 6.42 Å². The molecule has 3 nitrogen and oxygen atoms in total. The van der Waals surface area contributed by atoms with E-state index in [0.29, 0.717) is 12.8 Å². The Morgan fingerprint density at radius 1 is 1.27 bits per heavy atom. The summed E-state index contributed by atoms with van der Waals surface area (Å²) < 4.78 is 58.2. The van der Waals surface area contributed by atoms with Gasteiger partial charge in [0.1, 0.15) is 0 Å². The molecule has 0 saturated carbocycles. The standard InChI is InChI=1S/C8H14F3NO2S/c9-8(10,11)6-12-5-7-3-1-2-4-15(7,13)14/h7,12H,1-6H2. The molecular formula is C8H14F3NO2S. The van der Waals surface area contributed by atoms with Crippen molar-refractivity contribution < 1.29 is 21.6 Å². The first kappa shape index (κ1) is 12.8. The zero-order chi connectivity index (χ0) is 11.5. The Hall–Kier alpha value is -0.300. The first-order valence-corrected chi connectivity index (χ1v) is 6.52. The SMILES string of the molecule is O=S1(=O)CCCCC1CNCC(F)(F)F. The molecule has 0 amide bonds. The van der Waals surface area contributed by atoms with Gasteiger partial charge in [-0.3, -0.25) is 0 Å². The highest BCUT2D eigenvalue weighted by atomic mass is 32.2. The van der Waals surface area contributed by atoms with E-state index in [1.165, 1.54) is 0 Å². The van der Waals surface area contributed by atoms with Crippen molar-refractivity contribution in [3.05, 3.63) is 0 Å². The van der Waals surface area contributed by atoms with Crippen molar-refractivity contribution >= 4 is 9.84 Å². The summed E-state index contributed by atoms with van der Waals surface area (Å²) >= 11 is 0. The second-order valence-corrected chi connectivity index (χ2v) is 6.13. The molecule has 1 saturated heterocycles. The van der Waals surface area contributed by atoms with E-state index >= 15 is 0 Å². The Kier molecular flexibility index (Phi) is 3.99. The lowest BCUT2D eigenvalue weighted by Crippen LogP contribution is -2.40. The van der Waals surface area contributed by atoms with Crippen molar-refractivity contribution in [2.45, 2.75) is 30.7 Å². The molecular weight excluding hydrogens is 231 g/mol. The van der Waals surface area contributed by atoms with Crippen LogP contribution in [0.2, 0.25) is 0 Å². The van der Waals surface area contributed by atoms with Gasteiger partial charge in [-0.15, -0.1) is 0 Å². The first-order chi connectivity index (χ1) is 6.81. The first-order valence-electron chi connectivity index (χ1n) is 4.80. The number of hydrogen-bond donors (Lipinski definition) is 1. The summed E-state index contributed by atoms with van der Waals surface area (Å²) in [5.74, 6) is 0.103. The third-order valence-corrected chi connectivity index (χ3v) is 4.69. The average Bonchev–Trinajstić information content (AvgIpc) is 2.05. The van der Waals surface area contributed by atoms with E-state index in [2.05, 4.69) is 5.32 Å². The third kappa shape index (κ3) is 4.38. The highest BCUT2D eigenvalue weighted by molar-refractivity contribution is 7.92. The topological polar surface area (TPSA) is 46.2 Å². The van der Waals surface area contributed by atoms with Gasteiger partial charge < -0.3 is 5.32 Å². The summed E-state index contributed by atoms with van der Waals surface area (Å²) in [6.07, 6.45) is -2.42. The lowest BCUT2D eigenvalue weighted by Gasteiger charge is -2.22. The van der Waals surface area contributed by atoms with Crippen LogP contribution in [-0.4, -0.2) is 38.7 Å². The van der Waals surface area contributed by atoms with Crippen LogP contribution in [0.5, 0.6) is 0 Å². The molecule has 0 aromatic heterocycles. The number of hydrogen-bond acceptors (Lipinski definition) is 3. The lowest BCUT2D eigenvalue weighted by molar-refractivity contribution is -0.124. The molecule has 15 heavy (non-hydrogen) atoms. The van der Waals surface area contributed by atoms with Gasteiger partial charge in [0.25, 0.3) is 0 Å². The Morgan fingerprint density at radius 3 is 2.47 bits per heavy atom. The third-order valence-electron chi connectivity index (χ3n) is 2.41. The number of sulfone groups is 1. The molecule has 1 rings (SSSR count). The summed E-state index contributed by atoms with van der Waals surface area (Å²) in [7, 11) is -3.17. The molecule has 1 atom stereocenters. The van der Waals surface area contributed by atoms with E-state index in [0.717, 1.165) is 6.42 Å². The van der Waals surface area contributed by atoms with Gasteiger partial charge in [-0.05, 0) is 12.8 Å². The summed E-state index contributed by atoms with van der Waals surface area (Å²) in [5.41, 5.74) is 0. The Morgan fingerprint density at radius 2 is 1.93 bits per heavy atom. The van der Waals surface area contributed by atoms with Crippen LogP contribution in [0.1, 0.15) is 19.3 Å². The van der Waals surface area contributed by atoms with Crippen molar-refractivity contribution in [2.24, 2.45) is 0 Å². The van der Waals surface area contributed by atoms with Crippen LogP contribution in [0.25, 0.3) is 0 Å². The summed E-state index contributed by atoms with van der Waals surface area (Å²) in [5, 5.41) is 1.50. The molecule has 0 spiro atoms. The van der Waals surface area contributed by atoms with Crippen LogP contribution in [0, 0.1) is 0 Å². The minimum absolute atomic E-state index is 0.0954. The molecule has 0 radical (unpaired) electrons. The molecule has 0 aromatic carbocycles. The predicted octanol–water partition coefficient (Wildman–Crippen LogP) is 1.11. The maximum atomic E-state index is 11.8. The van der Waals surface area contributed by atoms with Gasteiger partial charge in [0.05, 0.1) is 17.5 Å². The van der Waals surface area contributed by atoms with E-state index in [1.807, 2.05) is 0 Å². The van der Waals surface area contributed by atoms with Crippen LogP contribution in [0.15, 0.2) is 0 Å². The second-order valence-electron chi connectivity index (χ2n) is 3.73. The van der Waals surface area contributed by atoms with E-state index < -0.39 is 27.8 Å². The molecule has 90 valence electrons. The molecule has 1 heterocycles. The fraction of sp³-hybridized carbons (Fsp3) is 1.00. The second kappa shape index (κ2) is 4.69. The fourth-order valence-corrected chi connectivity index (χ4v) is 3.46. The summed E-state index contributed by atoms with van der Waals surface area (Å²) in [6.45, 7) is -1.22. The van der Waals surface area contributed by atoms with E-state index in [-0.39, 0.29) is 12.3 Å². The van der Waals surface area contributed by atoms with Gasteiger partial charge in [-0.25, -0.2) is 8.42 Å². The molecule has 1 aliphatic heterocycles. The van der Waals surface area contributed by atoms with Crippen molar-refractivity contribution in [1.82, 2.24) is 5.32 Å². The highest BCUT2D eigenvalue weighted by Gasteiger charge is 2.31. The van der Waals surface area contributed by atoms with Crippen molar-refractivity contribution in [3.8, 4) is 0 Å². The Bertz CT molecular complexity index is 299. The number of rotatable bonds is 3. The van der Waals surface area contributed by atoms with Crippen LogP contribution >= 0.6 is 0 Å². The Balaban J connectivity index is 2.38. The molecule has 1 unspecified atom stereocenters. The minimum atomic E-state index is -4.28. The van der Waals surface area contributed by atoms with Gasteiger partial charge in [-0.2, -0.15) is 13.2 Å². The molecule has 1 aliphatic rings. The van der Waals surface area contributed by atoms with Crippen LogP contribution < -0.4 is 5.32 Å². The van der Waals surface area contributed by atoms with Crippen molar-refractivity contribution in [2.75, 3.05) is 18.8 Å². The van der Waals surface area contributed by atoms with Gasteiger partial charge >= 0.3 is 6.18 Å². The minimum Gasteiger partial charge on any atom is -0.307 e. The maximum absolute atomic E-state index is 11.8. The van der Waals surface area contributed by atoms with Crippen LogP contribution in [-0.2, 0) is 9.84 Å². The monoisotopic (exact) mass is 245 g/mol. The number of alkyl halides is 3. The summed E-state index contributed by atoms with van der Waals surface area (Å²) in [6, 6.07) is 0. The van der Waals surface area contributed by atoms with Gasteiger partial charge in [0.2, 0.25) is 0 Å². The van der Waals surface area contributed by atoms with E-state index in [4.69, 9.17) is 0 Å². The zero-order valence-corrected chi connectivity index (χ0v) is 9.00. The zero-order valence-electron chi connectivity index (χ0n) is 8.18. The van der Waals surface area contributed by atoms with Crippen molar-refractivity contribution in [3.63, 3.8) is 0 Å². The molecule has 7 heteroatoms. The molecule has 0 aromatic rings. The van der Waals surface area contributed by atoms with Crippen molar-refractivity contribution in [1.29, 1.82) is 0 Å². The normalized spacial score (nSPS) is 26.5. The van der Waals surface area contributed by atoms with Crippen LogP contribution in [0.4, 0.5) is 13.2 Å². The molecule has 1 fully saturated rings. The molecule has 1 N–H and O–H groups in total. The fourth-order valence-electron chi connectivity index (χ4n) is 1.63. The summed E-state index contributed by atoms with van der Waals surface area (Å²) in [4.78, 5) is 0. The Labute approximate surface area is 87.0 Å². The molecule has 0 aliphatic carbocycles. The van der Waals surface area contributed by atoms with E-state index in [9.17, 15) is 21.6 Å². The predicted molar refractivity (Wildman–Crippen MR) is 50.4 cm³/mol. The van der Waals surface area contributed by atoms with Crippen LogP contribution in [0.3, 0.4) is 0 Å². The number of nitrogens with one attached hydrogen (secondary N) is 1. The number of halogens is 3. The maximum Gasteiger partial charge on any atom is 0.401 e. The van der Waals surface area contributed by atoms with Gasteiger partial charge in [0, 0.05) is 6.54 Å². The van der Waals surface area contributed by atoms with E-state index in [1.54, 1.807) is 0 Å². The smallest absolute Gasteiger partial charge is 0.307 e. The highest BCUT2D eigenvalue weighted by Crippen LogP contribution is 2.19. The largest absolute Gasteiger partial charge is 0.401 e. The average molecular weight is 245 g/mol. The molecule has 0 bridgehead atoms.